The number of nitrogens with zero attached hydrogens (tertiary/aromatic N) is 2. The van der Waals surface area contributed by atoms with Gasteiger partial charge in [-0.25, -0.2) is 0 Å². The van der Waals surface area contributed by atoms with E-state index in [9.17, 15) is 5.11 Å². The molecule has 0 aliphatic carbocycles. The molecule has 0 amide bonds. The zero-order chi connectivity index (χ0) is 14.3. The largest absolute Gasteiger partial charge is 0.493 e. The number of aromatic nitrogens is 2. The molecule has 2 heterocycles. The van der Waals surface area contributed by atoms with Crippen LogP contribution in [0.15, 0.2) is 22.8 Å². The van der Waals surface area contributed by atoms with Crippen LogP contribution in [0.25, 0.3) is 0 Å². The predicted molar refractivity (Wildman–Crippen MR) is 79.6 cm³/mol. The molecule has 1 aromatic carbocycles. The first-order valence-corrected chi connectivity index (χ1v) is 7.25. The highest BCUT2D eigenvalue weighted by Crippen LogP contribution is 2.36. The quantitative estimate of drug-likeness (QED) is 0.898. The topological polar surface area (TPSA) is 73.3 Å². The summed E-state index contributed by atoms with van der Waals surface area (Å²) < 4.78 is 8.23. The summed E-state index contributed by atoms with van der Waals surface area (Å²) in [5, 5.41) is 14.4. The lowest BCUT2D eigenvalue weighted by molar-refractivity contribution is 0.178. The van der Waals surface area contributed by atoms with Crippen LogP contribution in [0.2, 0.25) is 0 Å². The van der Waals surface area contributed by atoms with Crippen molar-refractivity contribution in [1.82, 2.24) is 9.78 Å². The number of aryl methyl sites for hydroxylation is 1. The maximum absolute atomic E-state index is 10.4. The number of hydrogen-bond donors (Lipinski definition) is 2. The fourth-order valence-electron chi connectivity index (χ4n) is 2.54. The first-order valence-electron chi connectivity index (χ1n) is 6.46. The minimum Gasteiger partial charge on any atom is -0.493 e. The third kappa shape index (κ3) is 2.29. The number of halogens is 1. The SMILES string of the molecule is Cn1ncc(C(O)Cc2cc(Br)cc3c2OCC3)c1N. The zero-order valence-electron chi connectivity index (χ0n) is 11.1. The van der Waals surface area contributed by atoms with E-state index in [1.54, 1.807) is 17.9 Å². The molecule has 1 aromatic heterocycles. The van der Waals surface area contributed by atoms with Crippen molar-refractivity contribution in [1.29, 1.82) is 0 Å². The molecule has 20 heavy (non-hydrogen) atoms. The number of benzene rings is 1. The van der Waals surface area contributed by atoms with E-state index in [-0.39, 0.29) is 0 Å². The van der Waals surface area contributed by atoms with E-state index in [0.29, 0.717) is 24.4 Å². The minimum atomic E-state index is -0.689. The number of nitrogens with two attached hydrogens (primary N) is 1. The van der Waals surface area contributed by atoms with Crippen molar-refractivity contribution < 1.29 is 9.84 Å². The third-order valence-corrected chi connectivity index (χ3v) is 4.07. The highest BCUT2D eigenvalue weighted by molar-refractivity contribution is 9.10. The average molecular weight is 338 g/mol. The fourth-order valence-corrected chi connectivity index (χ4v) is 3.09. The van der Waals surface area contributed by atoms with Crippen molar-refractivity contribution >= 4 is 21.7 Å². The number of rotatable bonds is 3. The Bertz CT molecular complexity index is 654. The molecule has 6 heteroatoms. The molecule has 1 aliphatic rings. The lowest BCUT2D eigenvalue weighted by Gasteiger charge is -2.13. The number of ether oxygens (including phenoxy) is 1. The molecule has 0 bridgehead atoms. The van der Waals surface area contributed by atoms with E-state index in [1.165, 1.54) is 5.56 Å². The number of hydrogen-bond acceptors (Lipinski definition) is 4. The predicted octanol–water partition coefficient (Wildman–Crippen LogP) is 1.98. The Balaban J connectivity index is 1.90. The van der Waals surface area contributed by atoms with Gasteiger partial charge in [0.05, 0.1) is 18.9 Å². The van der Waals surface area contributed by atoms with Crippen LogP contribution in [0, 0.1) is 0 Å². The van der Waals surface area contributed by atoms with Gasteiger partial charge in [0, 0.05) is 29.9 Å². The molecule has 0 radical (unpaired) electrons. The van der Waals surface area contributed by atoms with Crippen LogP contribution < -0.4 is 10.5 Å². The molecule has 1 aliphatic heterocycles. The number of fused-ring (bicyclic) bond motifs is 1. The monoisotopic (exact) mass is 337 g/mol. The molecular formula is C14H16BrN3O2. The Morgan fingerprint density at radius 1 is 1.55 bits per heavy atom. The first-order chi connectivity index (χ1) is 9.56. The maximum atomic E-state index is 10.4. The van der Waals surface area contributed by atoms with E-state index in [4.69, 9.17) is 10.5 Å². The molecule has 5 nitrogen and oxygen atoms in total. The number of aliphatic hydroxyl groups is 1. The Hall–Kier alpha value is -1.53. The molecule has 0 spiro atoms. The summed E-state index contributed by atoms with van der Waals surface area (Å²) in [5.41, 5.74) is 8.72. The van der Waals surface area contributed by atoms with Gasteiger partial charge in [-0.2, -0.15) is 5.10 Å². The summed E-state index contributed by atoms with van der Waals surface area (Å²) in [6, 6.07) is 4.05. The molecule has 1 atom stereocenters. The summed E-state index contributed by atoms with van der Waals surface area (Å²) in [6.07, 6.45) is 2.29. The van der Waals surface area contributed by atoms with Crippen molar-refractivity contribution in [3.05, 3.63) is 39.5 Å². The van der Waals surface area contributed by atoms with Gasteiger partial charge >= 0.3 is 0 Å². The van der Waals surface area contributed by atoms with Gasteiger partial charge in [-0.1, -0.05) is 15.9 Å². The standard InChI is InChI=1S/C14H16BrN3O2/c1-18-14(16)11(7-17-18)12(19)6-9-5-10(15)4-8-2-3-20-13(8)9/h4-5,7,12,19H,2-3,6,16H2,1H3. The summed E-state index contributed by atoms with van der Waals surface area (Å²) in [7, 11) is 1.76. The summed E-state index contributed by atoms with van der Waals surface area (Å²) >= 11 is 3.50. The highest BCUT2D eigenvalue weighted by Gasteiger charge is 2.22. The van der Waals surface area contributed by atoms with Gasteiger partial charge in [-0.15, -0.1) is 0 Å². The number of aliphatic hydroxyl groups excluding tert-OH is 1. The van der Waals surface area contributed by atoms with Crippen LogP contribution in [-0.4, -0.2) is 21.5 Å². The Labute approximate surface area is 125 Å². The number of nitrogen functional groups attached to an aromatic ring is 1. The molecule has 2 aromatic rings. The van der Waals surface area contributed by atoms with Gasteiger partial charge < -0.3 is 15.6 Å². The van der Waals surface area contributed by atoms with Crippen LogP contribution in [-0.2, 0) is 19.9 Å². The van der Waals surface area contributed by atoms with E-state index in [2.05, 4.69) is 27.1 Å². The van der Waals surface area contributed by atoms with Crippen LogP contribution in [0.4, 0.5) is 5.82 Å². The normalized spacial score (nSPS) is 14.9. The van der Waals surface area contributed by atoms with Crippen LogP contribution in [0.1, 0.15) is 22.8 Å². The summed E-state index contributed by atoms with van der Waals surface area (Å²) in [5.74, 6) is 1.39. The van der Waals surface area contributed by atoms with Gasteiger partial charge in [0.2, 0.25) is 0 Å². The summed E-state index contributed by atoms with van der Waals surface area (Å²) in [4.78, 5) is 0. The molecule has 0 fully saturated rings. The van der Waals surface area contributed by atoms with Gasteiger partial charge in [0.15, 0.2) is 0 Å². The Morgan fingerprint density at radius 3 is 3.05 bits per heavy atom. The van der Waals surface area contributed by atoms with Gasteiger partial charge in [0.1, 0.15) is 11.6 Å². The van der Waals surface area contributed by atoms with Crippen molar-refractivity contribution in [2.45, 2.75) is 18.9 Å². The lowest BCUT2D eigenvalue weighted by Crippen LogP contribution is -2.07. The van der Waals surface area contributed by atoms with E-state index in [0.717, 1.165) is 22.2 Å². The molecule has 0 saturated carbocycles. The second-order valence-corrected chi connectivity index (χ2v) is 5.90. The van der Waals surface area contributed by atoms with Crippen LogP contribution in [0.5, 0.6) is 5.75 Å². The van der Waals surface area contributed by atoms with E-state index < -0.39 is 6.10 Å². The molecule has 0 saturated heterocycles. The summed E-state index contributed by atoms with van der Waals surface area (Å²) in [6.45, 7) is 0.698. The molecular weight excluding hydrogens is 322 g/mol. The van der Waals surface area contributed by atoms with Gasteiger partial charge in [-0.3, -0.25) is 4.68 Å². The second kappa shape index (κ2) is 5.10. The smallest absolute Gasteiger partial charge is 0.127 e. The Morgan fingerprint density at radius 2 is 2.35 bits per heavy atom. The van der Waals surface area contributed by atoms with Crippen molar-refractivity contribution in [3.8, 4) is 5.75 Å². The lowest BCUT2D eigenvalue weighted by atomic mass is 10.00. The van der Waals surface area contributed by atoms with Crippen molar-refractivity contribution in [2.24, 2.45) is 7.05 Å². The fraction of sp³-hybridized carbons (Fsp3) is 0.357. The second-order valence-electron chi connectivity index (χ2n) is 4.98. The maximum Gasteiger partial charge on any atom is 0.127 e. The van der Waals surface area contributed by atoms with Gasteiger partial charge in [-0.05, 0) is 23.3 Å². The first kappa shape index (κ1) is 13.5. The van der Waals surface area contributed by atoms with Crippen LogP contribution >= 0.6 is 15.9 Å². The third-order valence-electron chi connectivity index (χ3n) is 3.61. The minimum absolute atomic E-state index is 0.456. The Kier molecular flexibility index (Phi) is 3.43. The van der Waals surface area contributed by atoms with E-state index >= 15 is 0 Å². The molecule has 106 valence electrons. The zero-order valence-corrected chi connectivity index (χ0v) is 12.7. The van der Waals surface area contributed by atoms with Crippen molar-refractivity contribution in [2.75, 3.05) is 12.3 Å². The van der Waals surface area contributed by atoms with Gasteiger partial charge in [0.25, 0.3) is 0 Å². The van der Waals surface area contributed by atoms with Crippen molar-refractivity contribution in [3.63, 3.8) is 0 Å². The number of anilines is 1. The molecule has 3 N–H and O–H groups in total. The highest BCUT2D eigenvalue weighted by atomic mass is 79.9. The molecule has 1 unspecified atom stereocenters. The average Bonchev–Trinajstić information content (AvgIpc) is 2.97. The van der Waals surface area contributed by atoms with E-state index in [1.807, 2.05) is 6.07 Å². The molecule has 3 rings (SSSR count). The van der Waals surface area contributed by atoms with Crippen LogP contribution in [0.3, 0.4) is 0 Å².